The average molecular weight is 433 g/mol. The molecule has 0 radical (unpaired) electrons. The van der Waals surface area contributed by atoms with Crippen LogP contribution in [0.25, 0.3) is 5.69 Å². The molecule has 170 valence electrons. The number of aryl methyl sites for hydroxylation is 3. The number of nitrogens with zero attached hydrogens (tertiary/aromatic N) is 2. The van der Waals surface area contributed by atoms with Gasteiger partial charge in [0.2, 0.25) is 5.88 Å². The van der Waals surface area contributed by atoms with Gasteiger partial charge < -0.3 is 4.74 Å². The summed E-state index contributed by atoms with van der Waals surface area (Å²) in [5, 5.41) is 4.79. The minimum Gasteiger partial charge on any atom is -0.404 e. The predicted molar refractivity (Wildman–Crippen MR) is 131 cm³/mol. The topological polar surface area (TPSA) is 44.1 Å². The van der Waals surface area contributed by atoms with E-state index < -0.39 is 0 Å². The first kappa shape index (κ1) is 23.8. The van der Waals surface area contributed by atoms with Crippen molar-refractivity contribution in [1.29, 1.82) is 0 Å². The summed E-state index contributed by atoms with van der Waals surface area (Å²) < 4.78 is 7.61. The van der Waals surface area contributed by atoms with Crippen LogP contribution in [0.5, 0.6) is 5.88 Å². The van der Waals surface area contributed by atoms with Crippen LogP contribution < -0.4 is 4.74 Å². The molecule has 0 aliphatic carbocycles. The van der Waals surface area contributed by atoms with E-state index in [1.807, 2.05) is 49.4 Å². The van der Waals surface area contributed by atoms with Crippen molar-refractivity contribution >= 4 is 5.97 Å². The average Bonchev–Trinajstić information content (AvgIpc) is 3.15. The van der Waals surface area contributed by atoms with E-state index in [4.69, 9.17) is 9.84 Å². The number of rotatable bonds is 8. The quantitative estimate of drug-likeness (QED) is 0.281. The number of unbranched alkanes of at least 4 members (excludes halogenated alkanes) is 3. The molecule has 0 N–H and O–H groups in total. The van der Waals surface area contributed by atoms with Crippen LogP contribution in [0.4, 0.5) is 0 Å². The van der Waals surface area contributed by atoms with Gasteiger partial charge in [-0.1, -0.05) is 76.8 Å². The first-order valence-electron chi connectivity index (χ1n) is 11.7. The third kappa shape index (κ3) is 5.87. The Bertz CT molecular complexity index is 1060. The number of ether oxygens (including phenoxy) is 1. The van der Waals surface area contributed by atoms with Crippen LogP contribution in [-0.4, -0.2) is 15.7 Å². The van der Waals surface area contributed by atoms with Crippen LogP contribution in [0.15, 0.2) is 48.5 Å². The molecule has 0 saturated heterocycles. The highest BCUT2D eigenvalue weighted by molar-refractivity contribution is 5.91. The normalized spacial score (nSPS) is 11.6. The smallest absolute Gasteiger partial charge is 0.344 e. The van der Waals surface area contributed by atoms with E-state index >= 15 is 0 Å². The molecule has 0 spiro atoms. The van der Waals surface area contributed by atoms with E-state index in [0.29, 0.717) is 11.4 Å². The van der Waals surface area contributed by atoms with Gasteiger partial charge in [0, 0.05) is 11.5 Å². The van der Waals surface area contributed by atoms with E-state index in [2.05, 4.69) is 40.7 Å². The molecular formula is C28H36N2O2. The van der Waals surface area contributed by atoms with Crippen molar-refractivity contribution in [3.63, 3.8) is 0 Å². The van der Waals surface area contributed by atoms with Crippen molar-refractivity contribution in [2.24, 2.45) is 0 Å². The minimum atomic E-state index is -0.367. The van der Waals surface area contributed by atoms with Crippen molar-refractivity contribution in [2.45, 2.75) is 79.1 Å². The van der Waals surface area contributed by atoms with Gasteiger partial charge in [-0.2, -0.15) is 5.10 Å². The molecule has 32 heavy (non-hydrogen) atoms. The zero-order valence-electron chi connectivity index (χ0n) is 20.4. The third-order valence-corrected chi connectivity index (χ3v) is 5.73. The SMILES string of the molecule is CCCCCCc1ccc(C(=O)Oc2cc(C(C)(C)C)nn2-c2ccc(C)cc2C)cc1. The Kier molecular flexibility index (Phi) is 7.55. The summed E-state index contributed by atoms with van der Waals surface area (Å²) in [7, 11) is 0. The molecule has 2 aromatic carbocycles. The first-order chi connectivity index (χ1) is 15.2. The molecule has 0 atom stereocenters. The summed E-state index contributed by atoms with van der Waals surface area (Å²) in [5.74, 6) is 0.0735. The fourth-order valence-electron chi connectivity index (χ4n) is 3.74. The van der Waals surface area contributed by atoms with Crippen molar-refractivity contribution in [1.82, 2.24) is 9.78 Å². The van der Waals surface area contributed by atoms with Crippen LogP contribution in [0, 0.1) is 13.8 Å². The van der Waals surface area contributed by atoms with Crippen molar-refractivity contribution in [3.8, 4) is 11.6 Å². The zero-order valence-corrected chi connectivity index (χ0v) is 20.4. The number of carbonyl (C=O) groups is 1. The van der Waals surface area contributed by atoms with E-state index in [9.17, 15) is 4.79 Å². The zero-order chi connectivity index (χ0) is 23.3. The summed E-state index contributed by atoms with van der Waals surface area (Å²) in [6.07, 6.45) is 5.99. The molecular weight excluding hydrogens is 396 g/mol. The number of hydrogen-bond donors (Lipinski definition) is 0. The van der Waals surface area contributed by atoms with E-state index in [1.54, 1.807) is 4.68 Å². The van der Waals surface area contributed by atoms with Gasteiger partial charge in [0.1, 0.15) is 0 Å². The fourth-order valence-corrected chi connectivity index (χ4v) is 3.74. The summed E-state index contributed by atoms with van der Waals surface area (Å²) >= 11 is 0. The highest BCUT2D eigenvalue weighted by Gasteiger charge is 2.23. The molecule has 4 nitrogen and oxygen atoms in total. The van der Waals surface area contributed by atoms with Crippen LogP contribution >= 0.6 is 0 Å². The molecule has 3 aromatic rings. The lowest BCUT2D eigenvalue weighted by Gasteiger charge is -2.14. The van der Waals surface area contributed by atoms with Crippen LogP contribution in [0.3, 0.4) is 0 Å². The van der Waals surface area contributed by atoms with Gasteiger partial charge in [-0.3, -0.25) is 0 Å². The molecule has 0 fully saturated rings. The number of esters is 1. The van der Waals surface area contributed by atoms with Crippen LogP contribution in [0.1, 0.15) is 86.1 Å². The van der Waals surface area contributed by atoms with E-state index in [1.165, 1.54) is 36.8 Å². The number of aromatic nitrogens is 2. The molecule has 0 aliphatic heterocycles. The van der Waals surface area contributed by atoms with Gasteiger partial charge in [-0.25, -0.2) is 9.48 Å². The number of carbonyl (C=O) groups excluding carboxylic acids is 1. The Balaban J connectivity index is 1.83. The lowest BCUT2D eigenvalue weighted by atomic mass is 9.93. The minimum absolute atomic E-state index is 0.162. The first-order valence-corrected chi connectivity index (χ1v) is 11.7. The van der Waals surface area contributed by atoms with Gasteiger partial charge in [0.25, 0.3) is 0 Å². The molecule has 0 amide bonds. The largest absolute Gasteiger partial charge is 0.404 e. The Labute approximate surface area is 192 Å². The summed E-state index contributed by atoms with van der Waals surface area (Å²) in [5.41, 5.74) is 5.70. The molecule has 0 bridgehead atoms. The Morgan fingerprint density at radius 2 is 1.69 bits per heavy atom. The van der Waals surface area contributed by atoms with Gasteiger partial charge >= 0.3 is 5.97 Å². The molecule has 0 aliphatic rings. The monoisotopic (exact) mass is 432 g/mol. The third-order valence-electron chi connectivity index (χ3n) is 5.73. The maximum Gasteiger partial charge on any atom is 0.344 e. The molecule has 1 aromatic heterocycles. The lowest BCUT2D eigenvalue weighted by molar-refractivity contribution is 0.0723. The van der Waals surface area contributed by atoms with Crippen molar-refractivity contribution in [2.75, 3.05) is 0 Å². The fraction of sp³-hybridized carbons (Fsp3) is 0.429. The van der Waals surface area contributed by atoms with Gasteiger partial charge in [-0.15, -0.1) is 0 Å². The second kappa shape index (κ2) is 10.2. The summed E-state index contributed by atoms with van der Waals surface area (Å²) in [6.45, 7) is 12.6. The standard InChI is InChI=1S/C28H36N2O2/c1-7-8-9-10-11-22-13-15-23(16-14-22)27(31)32-26-19-25(28(4,5)6)29-30(26)24-17-12-20(2)18-21(24)3/h12-19H,7-11H2,1-6H3. The Hall–Kier alpha value is -2.88. The van der Waals surface area contributed by atoms with Gasteiger partial charge in [0.15, 0.2) is 0 Å². The Morgan fingerprint density at radius 3 is 2.31 bits per heavy atom. The second-order valence-corrected chi connectivity index (χ2v) is 9.72. The highest BCUT2D eigenvalue weighted by atomic mass is 16.5. The van der Waals surface area contributed by atoms with Crippen LogP contribution in [0.2, 0.25) is 0 Å². The maximum atomic E-state index is 12.9. The van der Waals surface area contributed by atoms with Crippen molar-refractivity contribution < 1.29 is 9.53 Å². The van der Waals surface area contributed by atoms with Gasteiger partial charge in [-0.05, 0) is 56.0 Å². The molecule has 1 heterocycles. The molecule has 0 saturated carbocycles. The van der Waals surface area contributed by atoms with Crippen molar-refractivity contribution in [3.05, 3.63) is 76.5 Å². The highest BCUT2D eigenvalue weighted by Crippen LogP contribution is 2.29. The number of benzene rings is 2. The van der Waals surface area contributed by atoms with E-state index in [0.717, 1.165) is 23.4 Å². The summed E-state index contributed by atoms with van der Waals surface area (Å²) in [6, 6.07) is 15.8. The molecule has 0 unspecified atom stereocenters. The van der Waals surface area contributed by atoms with Gasteiger partial charge in [0.05, 0.1) is 16.9 Å². The predicted octanol–water partition coefficient (Wildman–Crippen LogP) is 7.13. The molecule has 3 rings (SSSR count). The molecule has 4 heteroatoms. The second-order valence-electron chi connectivity index (χ2n) is 9.72. The summed E-state index contributed by atoms with van der Waals surface area (Å²) in [4.78, 5) is 12.9. The van der Waals surface area contributed by atoms with E-state index in [-0.39, 0.29) is 11.4 Å². The lowest BCUT2D eigenvalue weighted by Crippen LogP contribution is -2.13. The Morgan fingerprint density at radius 1 is 0.969 bits per heavy atom. The maximum absolute atomic E-state index is 12.9. The van der Waals surface area contributed by atoms with Crippen LogP contribution in [-0.2, 0) is 11.8 Å². The number of hydrogen-bond acceptors (Lipinski definition) is 3.